The maximum absolute atomic E-state index is 11.8. The zero-order chi connectivity index (χ0) is 16.2. The van der Waals surface area contributed by atoms with Crippen LogP contribution in [0.2, 0.25) is 0 Å². The highest BCUT2D eigenvalue weighted by molar-refractivity contribution is 7.80. The van der Waals surface area contributed by atoms with Gasteiger partial charge in [-0.15, -0.1) is 0 Å². The molecular weight excluding hydrogens is 296 g/mol. The first kappa shape index (κ1) is 18.4. The van der Waals surface area contributed by atoms with Crippen molar-refractivity contribution in [2.24, 2.45) is 0 Å². The van der Waals surface area contributed by atoms with Gasteiger partial charge in [-0.3, -0.25) is 4.79 Å². The fourth-order valence-corrected chi connectivity index (χ4v) is 2.31. The van der Waals surface area contributed by atoms with Gasteiger partial charge in [0.15, 0.2) is 5.11 Å². The average Bonchev–Trinajstić information content (AvgIpc) is 2.49. The summed E-state index contributed by atoms with van der Waals surface area (Å²) in [7, 11) is 0. The molecule has 0 aromatic heterocycles. The number of carbonyl (C=O) groups is 1. The largest absolute Gasteiger partial charge is 0.492 e. The molecule has 0 unspecified atom stereocenters. The lowest BCUT2D eigenvalue weighted by atomic mass is 10.1. The van der Waals surface area contributed by atoms with Crippen molar-refractivity contribution in [3.63, 3.8) is 0 Å². The Bertz CT molecular complexity index is 477. The molecule has 0 spiro atoms. The predicted molar refractivity (Wildman–Crippen MR) is 95.4 cm³/mol. The van der Waals surface area contributed by atoms with E-state index in [-0.39, 0.29) is 5.91 Å². The molecule has 0 saturated carbocycles. The third-order valence-electron chi connectivity index (χ3n) is 3.20. The lowest BCUT2D eigenvalue weighted by Gasteiger charge is -2.13. The molecule has 0 bridgehead atoms. The Morgan fingerprint density at radius 3 is 2.59 bits per heavy atom. The van der Waals surface area contributed by atoms with Gasteiger partial charge in [0.25, 0.3) is 0 Å². The van der Waals surface area contributed by atoms with Crippen molar-refractivity contribution in [2.45, 2.75) is 52.4 Å². The molecule has 0 aliphatic heterocycles. The molecule has 0 aliphatic rings. The van der Waals surface area contributed by atoms with Gasteiger partial charge in [0.2, 0.25) is 5.91 Å². The van der Waals surface area contributed by atoms with Crippen LogP contribution in [0.4, 0.5) is 5.69 Å². The van der Waals surface area contributed by atoms with Crippen molar-refractivity contribution in [1.82, 2.24) is 5.32 Å². The summed E-state index contributed by atoms with van der Waals surface area (Å²) in [6.45, 7) is 4.68. The SMILES string of the molecule is CCCCCCCC(=O)NC(=S)Nc1ccccc1OCC. The van der Waals surface area contributed by atoms with Crippen LogP contribution in [-0.4, -0.2) is 17.6 Å². The minimum atomic E-state index is -0.0390. The van der Waals surface area contributed by atoms with E-state index in [1.54, 1.807) is 0 Å². The second-order valence-corrected chi connectivity index (χ2v) is 5.50. The molecule has 0 fully saturated rings. The highest BCUT2D eigenvalue weighted by Gasteiger charge is 2.07. The molecule has 22 heavy (non-hydrogen) atoms. The number of hydrogen-bond acceptors (Lipinski definition) is 3. The van der Waals surface area contributed by atoms with Gasteiger partial charge >= 0.3 is 0 Å². The number of nitrogens with one attached hydrogen (secondary N) is 2. The smallest absolute Gasteiger partial charge is 0.226 e. The van der Waals surface area contributed by atoms with Crippen LogP contribution >= 0.6 is 12.2 Å². The fourth-order valence-electron chi connectivity index (χ4n) is 2.08. The quantitative estimate of drug-likeness (QED) is 0.527. The Morgan fingerprint density at radius 1 is 1.14 bits per heavy atom. The summed E-state index contributed by atoms with van der Waals surface area (Å²) in [5.74, 6) is 0.684. The first-order valence-electron chi connectivity index (χ1n) is 8.00. The van der Waals surface area contributed by atoms with Crippen LogP contribution in [0.15, 0.2) is 24.3 Å². The molecule has 1 amide bonds. The van der Waals surface area contributed by atoms with Crippen LogP contribution in [0.3, 0.4) is 0 Å². The van der Waals surface area contributed by atoms with E-state index in [1.807, 2.05) is 31.2 Å². The lowest BCUT2D eigenvalue weighted by molar-refractivity contribution is -0.119. The summed E-state index contributed by atoms with van der Waals surface area (Å²) in [6, 6.07) is 7.52. The van der Waals surface area contributed by atoms with Crippen molar-refractivity contribution >= 4 is 28.9 Å². The highest BCUT2D eigenvalue weighted by Crippen LogP contribution is 2.23. The number of rotatable bonds is 9. The molecule has 0 atom stereocenters. The fraction of sp³-hybridized carbons (Fsp3) is 0.529. The van der Waals surface area contributed by atoms with Gasteiger partial charge < -0.3 is 15.4 Å². The number of amides is 1. The average molecular weight is 322 g/mol. The number of ether oxygens (including phenoxy) is 1. The minimum absolute atomic E-state index is 0.0390. The number of hydrogen-bond donors (Lipinski definition) is 2. The number of benzene rings is 1. The van der Waals surface area contributed by atoms with Gasteiger partial charge in [0.1, 0.15) is 5.75 Å². The summed E-state index contributed by atoms with van der Waals surface area (Å²) in [6.07, 6.45) is 6.14. The van der Waals surface area contributed by atoms with Crippen LogP contribution < -0.4 is 15.4 Å². The van der Waals surface area contributed by atoms with Gasteiger partial charge in [-0.25, -0.2) is 0 Å². The topological polar surface area (TPSA) is 50.4 Å². The predicted octanol–water partition coefficient (Wildman–Crippen LogP) is 4.26. The first-order chi connectivity index (χ1) is 10.7. The van der Waals surface area contributed by atoms with Crippen molar-refractivity contribution < 1.29 is 9.53 Å². The molecule has 0 heterocycles. The maximum atomic E-state index is 11.8. The Kier molecular flexibility index (Phi) is 9.23. The van der Waals surface area contributed by atoms with E-state index in [2.05, 4.69) is 17.6 Å². The third-order valence-corrected chi connectivity index (χ3v) is 3.40. The van der Waals surface area contributed by atoms with E-state index in [0.717, 1.165) is 24.3 Å². The normalized spacial score (nSPS) is 10.1. The van der Waals surface area contributed by atoms with E-state index >= 15 is 0 Å². The summed E-state index contributed by atoms with van der Waals surface area (Å²) in [5.41, 5.74) is 0.762. The molecule has 2 N–H and O–H groups in total. The molecule has 4 nitrogen and oxygen atoms in total. The standard InChI is InChI=1S/C17H26N2O2S/c1-3-5-6-7-8-13-16(20)19-17(22)18-14-11-9-10-12-15(14)21-4-2/h9-12H,3-8,13H2,1-2H3,(H2,18,19,20,22). The van der Waals surface area contributed by atoms with Crippen molar-refractivity contribution in [3.8, 4) is 5.75 Å². The zero-order valence-electron chi connectivity index (χ0n) is 13.5. The van der Waals surface area contributed by atoms with Crippen molar-refractivity contribution in [1.29, 1.82) is 0 Å². The second kappa shape index (κ2) is 11.0. The number of anilines is 1. The first-order valence-corrected chi connectivity index (χ1v) is 8.40. The number of unbranched alkanes of at least 4 members (excludes halogenated alkanes) is 4. The summed E-state index contributed by atoms with van der Waals surface area (Å²) < 4.78 is 5.51. The summed E-state index contributed by atoms with van der Waals surface area (Å²) in [5, 5.41) is 6.04. The lowest BCUT2D eigenvalue weighted by Crippen LogP contribution is -2.34. The van der Waals surface area contributed by atoms with Crippen molar-refractivity contribution in [2.75, 3.05) is 11.9 Å². The minimum Gasteiger partial charge on any atom is -0.492 e. The Morgan fingerprint density at radius 2 is 1.86 bits per heavy atom. The van der Waals surface area contributed by atoms with E-state index in [4.69, 9.17) is 17.0 Å². The molecule has 1 rings (SSSR count). The van der Waals surface area contributed by atoms with E-state index in [1.165, 1.54) is 19.3 Å². The molecule has 5 heteroatoms. The second-order valence-electron chi connectivity index (χ2n) is 5.10. The Labute approximate surface area is 138 Å². The van der Waals surface area contributed by atoms with Crippen LogP contribution in [0.5, 0.6) is 5.75 Å². The monoisotopic (exact) mass is 322 g/mol. The van der Waals surface area contributed by atoms with Crippen molar-refractivity contribution in [3.05, 3.63) is 24.3 Å². The molecule has 0 radical (unpaired) electrons. The Balaban J connectivity index is 2.35. The van der Waals surface area contributed by atoms with Gasteiger partial charge in [-0.2, -0.15) is 0 Å². The zero-order valence-corrected chi connectivity index (χ0v) is 14.3. The molecule has 0 aliphatic carbocycles. The molecule has 0 saturated heterocycles. The van der Waals surface area contributed by atoms with Crippen LogP contribution in [0.25, 0.3) is 0 Å². The summed E-state index contributed by atoms with van der Waals surface area (Å²) >= 11 is 5.18. The Hall–Kier alpha value is -1.62. The highest BCUT2D eigenvalue weighted by atomic mass is 32.1. The van der Waals surface area contributed by atoms with E-state index in [9.17, 15) is 4.79 Å². The molecule has 1 aromatic rings. The van der Waals surface area contributed by atoms with E-state index in [0.29, 0.717) is 18.1 Å². The third kappa shape index (κ3) is 7.41. The molecule has 1 aromatic carbocycles. The van der Waals surface area contributed by atoms with Crippen LogP contribution in [0, 0.1) is 0 Å². The number of thiocarbonyl (C=S) groups is 1. The van der Waals surface area contributed by atoms with Crippen LogP contribution in [-0.2, 0) is 4.79 Å². The molecular formula is C17H26N2O2S. The maximum Gasteiger partial charge on any atom is 0.226 e. The van der Waals surface area contributed by atoms with Gasteiger partial charge in [-0.05, 0) is 37.7 Å². The van der Waals surface area contributed by atoms with E-state index < -0.39 is 0 Å². The van der Waals surface area contributed by atoms with Gasteiger partial charge in [0, 0.05) is 6.42 Å². The molecule has 122 valence electrons. The number of carbonyl (C=O) groups excluding carboxylic acids is 1. The van der Waals surface area contributed by atoms with Gasteiger partial charge in [-0.1, -0.05) is 44.7 Å². The number of para-hydroxylation sites is 2. The summed E-state index contributed by atoms with van der Waals surface area (Å²) in [4.78, 5) is 11.8. The van der Waals surface area contributed by atoms with Gasteiger partial charge in [0.05, 0.1) is 12.3 Å². The van der Waals surface area contributed by atoms with Crippen LogP contribution in [0.1, 0.15) is 52.4 Å².